The van der Waals surface area contributed by atoms with E-state index in [0.29, 0.717) is 16.3 Å². The van der Waals surface area contributed by atoms with Crippen LogP contribution in [-0.2, 0) is 6.18 Å². The number of anilines is 2. The Labute approximate surface area is 140 Å². The van der Waals surface area contributed by atoms with Gasteiger partial charge in [-0.05, 0) is 42.8 Å². The normalized spacial score (nSPS) is 11.2. The van der Waals surface area contributed by atoms with Gasteiger partial charge in [-0.25, -0.2) is 4.79 Å². The number of benzene rings is 2. The second kappa shape index (κ2) is 6.68. The molecule has 0 unspecified atom stereocenters. The van der Waals surface area contributed by atoms with Crippen LogP contribution in [0.15, 0.2) is 36.4 Å². The predicted octanol–water partition coefficient (Wildman–Crippen LogP) is 5.96. The van der Waals surface area contributed by atoms with Gasteiger partial charge in [-0.3, -0.25) is 0 Å². The Balaban J connectivity index is 2.16. The molecule has 0 atom stereocenters. The number of amides is 2. The number of alkyl halides is 3. The third-order valence-corrected chi connectivity index (χ3v) is 3.78. The van der Waals surface area contributed by atoms with Crippen LogP contribution in [0.25, 0.3) is 0 Å². The molecule has 0 spiro atoms. The predicted molar refractivity (Wildman–Crippen MR) is 85.3 cm³/mol. The highest BCUT2D eigenvalue weighted by Crippen LogP contribution is 2.36. The van der Waals surface area contributed by atoms with Crippen molar-refractivity contribution in [2.24, 2.45) is 0 Å². The van der Waals surface area contributed by atoms with E-state index in [1.807, 2.05) is 0 Å². The quantitative estimate of drug-likeness (QED) is 0.679. The summed E-state index contributed by atoms with van der Waals surface area (Å²) in [7, 11) is 0. The molecule has 2 amide bonds. The summed E-state index contributed by atoms with van der Waals surface area (Å²) in [6, 6.07) is 7.37. The maximum Gasteiger partial charge on any atom is 0.417 e. The minimum absolute atomic E-state index is 0.0288. The highest BCUT2D eigenvalue weighted by molar-refractivity contribution is 6.32. The molecule has 0 aliphatic carbocycles. The lowest BCUT2D eigenvalue weighted by molar-refractivity contribution is -0.137. The fourth-order valence-electron chi connectivity index (χ4n) is 1.85. The molecule has 0 saturated heterocycles. The molecule has 8 heteroatoms. The Bertz CT molecular complexity index is 748. The number of nitrogens with one attached hydrogen (secondary N) is 2. The molecule has 2 aromatic carbocycles. The molecular weight excluding hydrogens is 352 g/mol. The van der Waals surface area contributed by atoms with Gasteiger partial charge in [0.15, 0.2) is 0 Å². The van der Waals surface area contributed by atoms with Gasteiger partial charge in [0.25, 0.3) is 0 Å². The van der Waals surface area contributed by atoms with E-state index in [4.69, 9.17) is 23.2 Å². The zero-order valence-corrected chi connectivity index (χ0v) is 13.3. The zero-order valence-electron chi connectivity index (χ0n) is 11.8. The number of halogens is 5. The molecule has 2 aromatic rings. The molecule has 122 valence electrons. The maximum absolute atomic E-state index is 12.8. The summed E-state index contributed by atoms with van der Waals surface area (Å²) < 4.78 is 38.3. The molecule has 2 N–H and O–H groups in total. The van der Waals surface area contributed by atoms with Gasteiger partial charge in [-0.1, -0.05) is 29.3 Å². The van der Waals surface area contributed by atoms with Gasteiger partial charge < -0.3 is 10.6 Å². The van der Waals surface area contributed by atoms with Gasteiger partial charge >= 0.3 is 12.2 Å². The Morgan fingerprint density at radius 3 is 2.39 bits per heavy atom. The van der Waals surface area contributed by atoms with Crippen molar-refractivity contribution < 1.29 is 18.0 Å². The van der Waals surface area contributed by atoms with Crippen LogP contribution in [-0.4, -0.2) is 6.03 Å². The highest BCUT2D eigenvalue weighted by Gasteiger charge is 2.33. The number of hydrogen-bond donors (Lipinski definition) is 2. The summed E-state index contributed by atoms with van der Waals surface area (Å²) in [5.74, 6) is 0. The van der Waals surface area contributed by atoms with Crippen molar-refractivity contribution in [3.63, 3.8) is 0 Å². The van der Waals surface area contributed by atoms with Crippen LogP contribution >= 0.6 is 23.2 Å². The standard InChI is InChI=1S/C15H11Cl2F3N2O/c1-8-11(16)3-2-4-13(8)22-14(23)21-9-5-6-12(17)10(7-9)15(18,19)20/h2-7H,1H3,(H2,21,22,23). The van der Waals surface area contributed by atoms with Crippen molar-refractivity contribution in [2.75, 3.05) is 10.6 Å². The summed E-state index contributed by atoms with van der Waals surface area (Å²) in [4.78, 5) is 11.9. The van der Waals surface area contributed by atoms with Crippen LogP contribution in [0.4, 0.5) is 29.3 Å². The molecule has 2 rings (SSSR count). The lowest BCUT2D eigenvalue weighted by Gasteiger charge is -2.13. The van der Waals surface area contributed by atoms with Crippen molar-refractivity contribution in [2.45, 2.75) is 13.1 Å². The van der Waals surface area contributed by atoms with E-state index >= 15 is 0 Å². The molecule has 23 heavy (non-hydrogen) atoms. The fraction of sp³-hybridized carbons (Fsp3) is 0.133. The highest BCUT2D eigenvalue weighted by atomic mass is 35.5. The first-order valence-corrected chi connectivity index (χ1v) is 7.14. The Kier molecular flexibility index (Phi) is 5.06. The average molecular weight is 363 g/mol. The van der Waals surface area contributed by atoms with E-state index in [9.17, 15) is 18.0 Å². The first-order valence-electron chi connectivity index (χ1n) is 6.38. The number of urea groups is 1. The summed E-state index contributed by atoms with van der Waals surface area (Å²) in [5.41, 5.74) is 0.0613. The molecule has 3 nitrogen and oxygen atoms in total. The van der Waals surface area contributed by atoms with E-state index in [1.165, 1.54) is 6.07 Å². The molecule has 0 radical (unpaired) electrons. The van der Waals surface area contributed by atoms with Crippen LogP contribution in [0.3, 0.4) is 0 Å². The Hall–Kier alpha value is -1.92. The molecule has 0 aliphatic heterocycles. The van der Waals surface area contributed by atoms with Gasteiger partial charge in [0.05, 0.1) is 10.6 Å². The van der Waals surface area contributed by atoms with Crippen molar-refractivity contribution >= 4 is 40.6 Å². The minimum atomic E-state index is -4.60. The van der Waals surface area contributed by atoms with Crippen molar-refractivity contribution in [1.82, 2.24) is 0 Å². The van der Waals surface area contributed by atoms with Crippen LogP contribution in [0, 0.1) is 6.92 Å². The molecular formula is C15H11Cl2F3N2O. The van der Waals surface area contributed by atoms with Crippen LogP contribution in [0.5, 0.6) is 0 Å². The topological polar surface area (TPSA) is 41.1 Å². The summed E-state index contributed by atoms with van der Waals surface area (Å²) in [6.07, 6.45) is -4.60. The molecule has 0 fully saturated rings. The molecule has 0 aliphatic rings. The summed E-state index contributed by atoms with van der Waals surface area (Å²) in [5, 5.41) is 4.88. The Morgan fingerprint density at radius 1 is 1.04 bits per heavy atom. The van der Waals surface area contributed by atoms with E-state index in [1.54, 1.807) is 25.1 Å². The zero-order chi connectivity index (χ0) is 17.2. The van der Waals surface area contributed by atoms with E-state index in [0.717, 1.165) is 12.1 Å². The second-order valence-corrected chi connectivity index (χ2v) is 5.50. The van der Waals surface area contributed by atoms with Crippen LogP contribution in [0.1, 0.15) is 11.1 Å². The first-order chi connectivity index (χ1) is 10.7. The van der Waals surface area contributed by atoms with E-state index in [2.05, 4.69) is 10.6 Å². The largest absolute Gasteiger partial charge is 0.417 e. The molecule has 0 saturated carbocycles. The van der Waals surface area contributed by atoms with Gasteiger partial charge in [-0.2, -0.15) is 13.2 Å². The average Bonchev–Trinajstić information content (AvgIpc) is 2.45. The SMILES string of the molecule is Cc1c(Cl)cccc1NC(=O)Nc1ccc(Cl)c(C(F)(F)F)c1. The Morgan fingerprint density at radius 2 is 1.74 bits per heavy atom. The number of hydrogen-bond acceptors (Lipinski definition) is 1. The van der Waals surface area contributed by atoms with Crippen molar-refractivity contribution in [1.29, 1.82) is 0 Å². The van der Waals surface area contributed by atoms with Gasteiger partial charge in [-0.15, -0.1) is 0 Å². The molecule has 0 aromatic heterocycles. The van der Waals surface area contributed by atoms with Crippen LogP contribution < -0.4 is 10.6 Å². The lowest BCUT2D eigenvalue weighted by atomic mass is 10.2. The van der Waals surface area contributed by atoms with Crippen LogP contribution in [0.2, 0.25) is 10.0 Å². The summed E-state index contributed by atoms with van der Waals surface area (Å²) >= 11 is 11.5. The monoisotopic (exact) mass is 362 g/mol. The smallest absolute Gasteiger partial charge is 0.308 e. The van der Waals surface area contributed by atoms with Gasteiger partial charge in [0.2, 0.25) is 0 Å². The fourth-order valence-corrected chi connectivity index (χ4v) is 2.25. The second-order valence-electron chi connectivity index (χ2n) is 4.68. The van der Waals surface area contributed by atoms with Gasteiger partial charge in [0.1, 0.15) is 0 Å². The third-order valence-electron chi connectivity index (χ3n) is 3.05. The van der Waals surface area contributed by atoms with E-state index < -0.39 is 22.8 Å². The third kappa shape index (κ3) is 4.30. The molecule has 0 heterocycles. The van der Waals surface area contributed by atoms with Gasteiger partial charge in [0, 0.05) is 16.4 Å². The minimum Gasteiger partial charge on any atom is -0.308 e. The van der Waals surface area contributed by atoms with Crippen molar-refractivity contribution in [3.05, 3.63) is 57.6 Å². The number of rotatable bonds is 2. The first kappa shape index (κ1) is 17.4. The number of carbonyl (C=O) groups is 1. The van der Waals surface area contributed by atoms with Crippen molar-refractivity contribution in [3.8, 4) is 0 Å². The summed E-state index contributed by atoms with van der Waals surface area (Å²) in [6.45, 7) is 1.71. The lowest BCUT2D eigenvalue weighted by Crippen LogP contribution is -2.20. The number of carbonyl (C=O) groups excluding carboxylic acids is 1. The van der Waals surface area contributed by atoms with E-state index in [-0.39, 0.29) is 5.69 Å². The maximum atomic E-state index is 12.8. The molecule has 0 bridgehead atoms.